The van der Waals surface area contributed by atoms with Crippen LogP contribution in [0.1, 0.15) is 37.9 Å². The number of halogens is 1. The van der Waals surface area contributed by atoms with Gasteiger partial charge in [-0.2, -0.15) is 0 Å². The summed E-state index contributed by atoms with van der Waals surface area (Å²) in [6.45, 7) is 4.77. The number of aliphatic imine (C=N–C) groups is 1. The van der Waals surface area contributed by atoms with Crippen LogP contribution in [0.3, 0.4) is 0 Å². The van der Waals surface area contributed by atoms with E-state index in [2.05, 4.69) is 34.7 Å². The van der Waals surface area contributed by atoms with Gasteiger partial charge in [-0.05, 0) is 37.7 Å². The molecule has 0 saturated heterocycles. The van der Waals surface area contributed by atoms with Crippen LogP contribution < -0.4 is 10.6 Å². The number of nitrogens with one attached hydrogen (secondary N) is 2. The molecule has 22 heavy (non-hydrogen) atoms. The SMILES string of the molecule is CN=C(NCCCOC(C)c1ccccc1)NCC1CC1.I. The minimum Gasteiger partial charge on any atom is -0.374 e. The van der Waals surface area contributed by atoms with Gasteiger partial charge in [-0.1, -0.05) is 30.3 Å². The molecule has 1 unspecified atom stereocenters. The molecule has 4 nitrogen and oxygen atoms in total. The lowest BCUT2D eigenvalue weighted by atomic mass is 10.1. The lowest BCUT2D eigenvalue weighted by Gasteiger charge is -2.14. The summed E-state index contributed by atoms with van der Waals surface area (Å²) in [7, 11) is 1.82. The highest BCUT2D eigenvalue weighted by Gasteiger charge is 2.20. The highest BCUT2D eigenvalue weighted by molar-refractivity contribution is 14.0. The first-order valence-corrected chi connectivity index (χ1v) is 7.90. The summed E-state index contributed by atoms with van der Waals surface area (Å²) in [4.78, 5) is 4.22. The summed E-state index contributed by atoms with van der Waals surface area (Å²) >= 11 is 0. The molecule has 0 aromatic heterocycles. The Balaban J connectivity index is 0.00000242. The van der Waals surface area contributed by atoms with E-state index in [-0.39, 0.29) is 30.1 Å². The van der Waals surface area contributed by atoms with E-state index in [1.807, 2.05) is 25.2 Å². The molecule has 1 aliphatic rings. The molecule has 1 fully saturated rings. The molecule has 1 aliphatic carbocycles. The van der Waals surface area contributed by atoms with Crippen LogP contribution in [0.25, 0.3) is 0 Å². The van der Waals surface area contributed by atoms with E-state index in [0.717, 1.165) is 38.0 Å². The van der Waals surface area contributed by atoms with Crippen LogP contribution in [0, 0.1) is 5.92 Å². The van der Waals surface area contributed by atoms with Crippen molar-refractivity contribution in [3.8, 4) is 0 Å². The summed E-state index contributed by atoms with van der Waals surface area (Å²) in [5.74, 6) is 1.76. The summed E-state index contributed by atoms with van der Waals surface area (Å²) in [6.07, 6.45) is 3.84. The molecule has 0 bridgehead atoms. The van der Waals surface area contributed by atoms with Crippen molar-refractivity contribution in [3.05, 3.63) is 35.9 Å². The van der Waals surface area contributed by atoms with Crippen molar-refractivity contribution in [2.45, 2.75) is 32.3 Å². The quantitative estimate of drug-likeness (QED) is 0.295. The predicted molar refractivity (Wildman–Crippen MR) is 103 cm³/mol. The summed E-state index contributed by atoms with van der Waals surface area (Å²) in [5, 5.41) is 6.68. The molecule has 1 aromatic rings. The largest absolute Gasteiger partial charge is 0.374 e. The molecule has 0 spiro atoms. The Labute approximate surface area is 151 Å². The van der Waals surface area contributed by atoms with Gasteiger partial charge in [-0.3, -0.25) is 4.99 Å². The van der Waals surface area contributed by atoms with Gasteiger partial charge < -0.3 is 15.4 Å². The zero-order valence-electron chi connectivity index (χ0n) is 13.5. The van der Waals surface area contributed by atoms with Crippen LogP contribution in [0.15, 0.2) is 35.3 Å². The van der Waals surface area contributed by atoms with E-state index in [4.69, 9.17) is 4.74 Å². The third kappa shape index (κ3) is 7.45. The second kappa shape index (κ2) is 10.8. The van der Waals surface area contributed by atoms with Crippen LogP contribution in [0.2, 0.25) is 0 Å². The van der Waals surface area contributed by atoms with E-state index in [0.29, 0.717) is 0 Å². The molecule has 0 heterocycles. The first-order valence-electron chi connectivity index (χ1n) is 7.90. The van der Waals surface area contributed by atoms with E-state index in [9.17, 15) is 0 Å². The average molecular weight is 417 g/mol. The van der Waals surface area contributed by atoms with Crippen molar-refractivity contribution < 1.29 is 4.74 Å². The second-order valence-corrected chi connectivity index (χ2v) is 5.60. The van der Waals surface area contributed by atoms with E-state index >= 15 is 0 Å². The van der Waals surface area contributed by atoms with Crippen molar-refractivity contribution in [2.24, 2.45) is 10.9 Å². The summed E-state index contributed by atoms with van der Waals surface area (Å²) in [5.41, 5.74) is 1.23. The minimum atomic E-state index is 0. The Bertz CT molecular complexity index is 435. The maximum Gasteiger partial charge on any atom is 0.190 e. The fourth-order valence-corrected chi connectivity index (χ4v) is 2.14. The third-order valence-electron chi connectivity index (χ3n) is 3.73. The van der Waals surface area contributed by atoms with Gasteiger partial charge in [0.1, 0.15) is 0 Å². The smallest absolute Gasteiger partial charge is 0.190 e. The summed E-state index contributed by atoms with van der Waals surface area (Å²) < 4.78 is 5.85. The van der Waals surface area contributed by atoms with Crippen LogP contribution >= 0.6 is 24.0 Å². The zero-order valence-corrected chi connectivity index (χ0v) is 15.9. The molecular formula is C17H28IN3O. The van der Waals surface area contributed by atoms with Crippen molar-refractivity contribution in [1.82, 2.24) is 10.6 Å². The Morgan fingerprint density at radius 3 is 2.64 bits per heavy atom. The van der Waals surface area contributed by atoms with Crippen molar-refractivity contribution in [2.75, 3.05) is 26.7 Å². The van der Waals surface area contributed by atoms with Gasteiger partial charge >= 0.3 is 0 Å². The normalized spacial score (nSPS) is 15.8. The highest BCUT2D eigenvalue weighted by Crippen LogP contribution is 2.27. The predicted octanol–water partition coefficient (Wildman–Crippen LogP) is 3.35. The summed E-state index contributed by atoms with van der Waals surface area (Å²) in [6, 6.07) is 10.3. The molecule has 0 amide bonds. The number of hydrogen-bond donors (Lipinski definition) is 2. The van der Waals surface area contributed by atoms with Crippen molar-refractivity contribution in [1.29, 1.82) is 0 Å². The Hall–Kier alpha value is -0.820. The maximum atomic E-state index is 5.85. The maximum absolute atomic E-state index is 5.85. The topological polar surface area (TPSA) is 45.7 Å². The van der Waals surface area contributed by atoms with Gasteiger partial charge in [0, 0.05) is 26.7 Å². The number of ether oxygens (including phenoxy) is 1. The number of hydrogen-bond acceptors (Lipinski definition) is 2. The van der Waals surface area contributed by atoms with Crippen molar-refractivity contribution >= 4 is 29.9 Å². The zero-order chi connectivity index (χ0) is 14.9. The number of guanidine groups is 1. The van der Waals surface area contributed by atoms with Crippen molar-refractivity contribution in [3.63, 3.8) is 0 Å². The highest BCUT2D eigenvalue weighted by atomic mass is 127. The standard InChI is InChI=1S/C17H27N3O.HI/c1-14(16-7-4-3-5-8-16)21-12-6-11-19-17(18-2)20-13-15-9-10-15;/h3-5,7-8,14-15H,6,9-13H2,1-2H3,(H2,18,19,20);1H. The van der Waals surface area contributed by atoms with E-state index < -0.39 is 0 Å². The monoisotopic (exact) mass is 417 g/mol. The third-order valence-corrected chi connectivity index (χ3v) is 3.73. The number of nitrogens with zero attached hydrogens (tertiary/aromatic N) is 1. The van der Waals surface area contributed by atoms with Gasteiger partial charge in [-0.25, -0.2) is 0 Å². The fraction of sp³-hybridized carbons (Fsp3) is 0.588. The van der Waals surface area contributed by atoms with Gasteiger partial charge in [-0.15, -0.1) is 24.0 Å². The number of rotatable bonds is 8. The van der Waals surface area contributed by atoms with Crippen LogP contribution in [-0.2, 0) is 4.74 Å². The molecule has 2 N–H and O–H groups in total. The second-order valence-electron chi connectivity index (χ2n) is 5.60. The Morgan fingerprint density at radius 1 is 1.27 bits per heavy atom. The average Bonchev–Trinajstić information content (AvgIpc) is 3.35. The lowest BCUT2D eigenvalue weighted by Crippen LogP contribution is -2.39. The number of benzene rings is 1. The molecule has 2 rings (SSSR count). The molecule has 1 saturated carbocycles. The van der Waals surface area contributed by atoms with Crippen LogP contribution in [0.5, 0.6) is 0 Å². The Morgan fingerprint density at radius 2 is 2.00 bits per heavy atom. The molecule has 124 valence electrons. The van der Waals surface area contributed by atoms with Gasteiger partial charge in [0.25, 0.3) is 0 Å². The molecule has 1 aromatic carbocycles. The molecule has 0 radical (unpaired) electrons. The fourth-order valence-electron chi connectivity index (χ4n) is 2.14. The van der Waals surface area contributed by atoms with Gasteiger partial charge in [0.15, 0.2) is 5.96 Å². The van der Waals surface area contributed by atoms with E-state index in [1.54, 1.807) is 0 Å². The van der Waals surface area contributed by atoms with Crippen LogP contribution in [0.4, 0.5) is 0 Å². The van der Waals surface area contributed by atoms with E-state index in [1.165, 1.54) is 18.4 Å². The molecular weight excluding hydrogens is 389 g/mol. The molecule has 1 atom stereocenters. The first kappa shape index (κ1) is 19.2. The van der Waals surface area contributed by atoms with Gasteiger partial charge in [0.05, 0.1) is 6.10 Å². The molecule has 5 heteroatoms. The molecule has 0 aliphatic heterocycles. The minimum absolute atomic E-state index is 0. The lowest BCUT2D eigenvalue weighted by molar-refractivity contribution is 0.0646. The first-order chi connectivity index (χ1) is 10.3. The Kier molecular flexibility index (Phi) is 9.47. The van der Waals surface area contributed by atoms with Gasteiger partial charge in [0.2, 0.25) is 0 Å². The van der Waals surface area contributed by atoms with Crippen LogP contribution in [-0.4, -0.2) is 32.7 Å².